The monoisotopic (exact) mass is 268 g/mol. The summed E-state index contributed by atoms with van der Waals surface area (Å²) in [5.74, 6) is 1.41. The standard InChI is InChI=1S/C13H20N2O2S/c1-2-7-18-10-13(17)15-12(9-16)8-11-5-3-4-6-14-11/h3-6,12,16H,2,7-10H2,1H3,(H,15,17). The molecule has 0 radical (unpaired) electrons. The lowest BCUT2D eigenvalue weighted by atomic mass is 10.1. The number of amides is 1. The van der Waals surface area contributed by atoms with Crippen LogP contribution in [0.25, 0.3) is 0 Å². The number of aliphatic hydroxyl groups is 1. The summed E-state index contributed by atoms with van der Waals surface area (Å²) in [7, 11) is 0. The van der Waals surface area contributed by atoms with Gasteiger partial charge in [0.15, 0.2) is 0 Å². The summed E-state index contributed by atoms with van der Waals surface area (Å²) >= 11 is 1.61. The molecule has 1 heterocycles. The second kappa shape index (κ2) is 8.94. The first kappa shape index (κ1) is 15.0. The molecule has 0 aliphatic rings. The van der Waals surface area contributed by atoms with E-state index < -0.39 is 0 Å². The second-order valence-corrected chi connectivity index (χ2v) is 5.13. The highest BCUT2D eigenvalue weighted by Crippen LogP contribution is 2.03. The van der Waals surface area contributed by atoms with E-state index in [0.717, 1.165) is 17.9 Å². The molecule has 0 bridgehead atoms. The number of nitrogens with zero attached hydrogens (tertiary/aromatic N) is 1. The molecule has 1 atom stereocenters. The summed E-state index contributed by atoms with van der Waals surface area (Å²) < 4.78 is 0. The summed E-state index contributed by atoms with van der Waals surface area (Å²) in [6.45, 7) is 2.02. The van der Waals surface area contributed by atoms with Gasteiger partial charge in [-0.2, -0.15) is 11.8 Å². The molecule has 1 unspecified atom stereocenters. The average molecular weight is 268 g/mol. The van der Waals surface area contributed by atoms with Crippen LogP contribution < -0.4 is 5.32 Å². The predicted molar refractivity (Wildman–Crippen MR) is 74.6 cm³/mol. The number of hydrogen-bond acceptors (Lipinski definition) is 4. The van der Waals surface area contributed by atoms with Crippen molar-refractivity contribution >= 4 is 17.7 Å². The van der Waals surface area contributed by atoms with E-state index in [4.69, 9.17) is 0 Å². The lowest BCUT2D eigenvalue weighted by Gasteiger charge is -2.15. The highest BCUT2D eigenvalue weighted by atomic mass is 32.2. The minimum atomic E-state index is -0.255. The zero-order chi connectivity index (χ0) is 13.2. The Hall–Kier alpha value is -1.07. The van der Waals surface area contributed by atoms with Gasteiger partial charge in [-0.1, -0.05) is 13.0 Å². The molecule has 1 rings (SSSR count). The Bertz CT molecular complexity index is 346. The van der Waals surface area contributed by atoms with Crippen molar-refractivity contribution in [2.24, 2.45) is 0 Å². The SMILES string of the molecule is CCCSCC(=O)NC(CO)Cc1ccccn1. The first-order chi connectivity index (χ1) is 8.76. The maximum absolute atomic E-state index is 11.6. The van der Waals surface area contributed by atoms with Crippen LogP contribution in [0.4, 0.5) is 0 Å². The Balaban J connectivity index is 2.35. The van der Waals surface area contributed by atoms with Gasteiger partial charge >= 0.3 is 0 Å². The van der Waals surface area contributed by atoms with Crippen LogP contribution in [-0.4, -0.2) is 40.2 Å². The fourth-order valence-corrected chi connectivity index (χ4v) is 2.21. The molecule has 1 amide bonds. The van der Waals surface area contributed by atoms with Gasteiger partial charge in [0.05, 0.1) is 18.4 Å². The Morgan fingerprint density at radius 3 is 3.00 bits per heavy atom. The molecular formula is C13H20N2O2S. The molecule has 100 valence electrons. The molecule has 0 aliphatic carbocycles. The Morgan fingerprint density at radius 1 is 1.56 bits per heavy atom. The first-order valence-electron chi connectivity index (χ1n) is 6.14. The van der Waals surface area contributed by atoms with E-state index in [2.05, 4.69) is 17.2 Å². The number of carbonyl (C=O) groups excluding carboxylic acids is 1. The third-order valence-electron chi connectivity index (χ3n) is 2.35. The van der Waals surface area contributed by atoms with Crippen molar-refractivity contribution in [1.29, 1.82) is 0 Å². The number of hydrogen-bond donors (Lipinski definition) is 2. The van der Waals surface area contributed by atoms with Crippen LogP contribution >= 0.6 is 11.8 Å². The number of aromatic nitrogens is 1. The highest BCUT2D eigenvalue weighted by molar-refractivity contribution is 7.99. The number of carbonyl (C=O) groups is 1. The largest absolute Gasteiger partial charge is 0.394 e. The van der Waals surface area contributed by atoms with E-state index >= 15 is 0 Å². The van der Waals surface area contributed by atoms with Gasteiger partial charge in [-0.05, 0) is 24.3 Å². The molecule has 0 aromatic carbocycles. The first-order valence-corrected chi connectivity index (χ1v) is 7.29. The molecule has 0 aliphatic heterocycles. The average Bonchev–Trinajstić information content (AvgIpc) is 2.39. The summed E-state index contributed by atoms with van der Waals surface area (Å²) in [5.41, 5.74) is 0.873. The molecule has 0 saturated heterocycles. The lowest BCUT2D eigenvalue weighted by molar-refractivity contribution is -0.119. The van der Waals surface area contributed by atoms with Crippen LogP contribution in [0.2, 0.25) is 0 Å². The molecule has 4 nitrogen and oxygen atoms in total. The van der Waals surface area contributed by atoms with Crippen LogP contribution in [0.15, 0.2) is 24.4 Å². The van der Waals surface area contributed by atoms with Crippen molar-refractivity contribution in [1.82, 2.24) is 10.3 Å². The van der Waals surface area contributed by atoms with Crippen molar-refractivity contribution in [3.8, 4) is 0 Å². The molecule has 1 aromatic heterocycles. The smallest absolute Gasteiger partial charge is 0.230 e. The number of rotatable bonds is 8. The highest BCUT2D eigenvalue weighted by Gasteiger charge is 2.12. The minimum Gasteiger partial charge on any atom is -0.394 e. The third kappa shape index (κ3) is 6.02. The maximum atomic E-state index is 11.6. The summed E-state index contributed by atoms with van der Waals surface area (Å²) in [6, 6.07) is 5.38. The van der Waals surface area contributed by atoms with Gasteiger partial charge in [0.2, 0.25) is 5.91 Å². The number of pyridine rings is 1. The number of nitrogens with one attached hydrogen (secondary N) is 1. The fraction of sp³-hybridized carbons (Fsp3) is 0.538. The Kier molecular flexibility index (Phi) is 7.44. The molecule has 1 aromatic rings. The molecule has 0 saturated carbocycles. The van der Waals surface area contributed by atoms with Crippen LogP contribution in [0.1, 0.15) is 19.0 Å². The zero-order valence-corrected chi connectivity index (χ0v) is 11.4. The molecule has 0 spiro atoms. The normalized spacial score (nSPS) is 12.1. The predicted octanol–water partition coefficient (Wildman–Crippen LogP) is 1.24. The van der Waals surface area contributed by atoms with E-state index in [1.165, 1.54) is 0 Å². The summed E-state index contributed by atoms with van der Waals surface area (Å²) in [4.78, 5) is 15.8. The van der Waals surface area contributed by atoms with E-state index in [0.29, 0.717) is 12.2 Å². The Labute approximate surface area is 112 Å². The molecular weight excluding hydrogens is 248 g/mol. The van der Waals surface area contributed by atoms with E-state index in [9.17, 15) is 9.90 Å². The maximum Gasteiger partial charge on any atom is 0.230 e. The lowest BCUT2D eigenvalue weighted by Crippen LogP contribution is -2.40. The van der Waals surface area contributed by atoms with Gasteiger partial charge in [0, 0.05) is 18.3 Å². The van der Waals surface area contributed by atoms with Gasteiger partial charge in [0.1, 0.15) is 0 Å². The molecule has 5 heteroatoms. The van der Waals surface area contributed by atoms with Crippen LogP contribution in [-0.2, 0) is 11.2 Å². The van der Waals surface area contributed by atoms with Gasteiger partial charge in [0.25, 0.3) is 0 Å². The van der Waals surface area contributed by atoms with Gasteiger partial charge in [-0.15, -0.1) is 0 Å². The molecule has 18 heavy (non-hydrogen) atoms. The fourth-order valence-electron chi connectivity index (χ4n) is 1.51. The summed E-state index contributed by atoms with van der Waals surface area (Å²) in [5, 5.41) is 12.1. The number of aliphatic hydroxyl groups excluding tert-OH is 1. The zero-order valence-electron chi connectivity index (χ0n) is 10.6. The van der Waals surface area contributed by atoms with Gasteiger partial charge < -0.3 is 10.4 Å². The van der Waals surface area contributed by atoms with Crippen molar-refractivity contribution in [2.75, 3.05) is 18.1 Å². The Morgan fingerprint density at radius 2 is 2.39 bits per heavy atom. The quantitative estimate of drug-likeness (QED) is 0.696. The molecule has 0 fully saturated rings. The van der Waals surface area contributed by atoms with E-state index in [-0.39, 0.29) is 18.6 Å². The second-order valence-electron chi connectivity index (χ2n) is 4.02. The van der Waals surface area contributed by atoms with Crippen LogP contribution in [0, 0.1) is 0 Å². The minimum absolute atomic E-state index is 0.0246. The van der Waals surface area contributed by atoms with Crippen LogP contribution in [0.3, 0.4) is 0 Å². The van der Waals surface area contributed by atoms with Crippen molar-refractivity contribution < 1.29 is 9.90 Å². The van der Waals surface area contributed by atoms with E-state index in [1.807, 2.05) is 18.2 Å². The van der Waals surface area contributed by atoms with Crippen molar-refractivity contribution in [3.63, 3.8) is 0 Å². The summed E-state index contributed by atoms with van der Waals surface area (Å²) in [6.07, 6.45) is 3.33. The van der Waals surface area contributed by atoms with E-state index in [1.54, 1.807) is 18.0 Å². The van der Waals surface area contributed by atoms with Gasteiger partial charge in [-0.25, -0.2) is 0 Å². The molecule has 2 N–H and O–H groups in total. The number of thioether (sulfide) groups is 1. The van der Waals surface area contributed by atoms with Crippen molar-refractivity contribution in [3.05, 3.63) is 30.1 Å². The topological polar surface area (TPSA) is 62.2 Å². The van der Waals surface area contributed by atoms with Gasteiger partial charge in [-0.3, -0.25) is 9.78 Å². The third-order valence-corrected chi connectivity index (χ3v) is 3.51. The van der Waals surface area contributed by atoms with Crippen LogP contribution in [0.5, 0.6) is 0 Å². The van der Waals surface area contributed by atoms with Crippen molar-refractivity contribution in [2.45, 2.75) is 25.8 Å².